The van der Waals surface area contributed by atoms with Crippen molar-refractivity contribution in [3.63, 3.8) is 0 Å². The summed E-state index contributed by atoms with van der Waals surface area (Å²) in [5.41, 5.74) is 2.33. The lowest BCUT2D eigenvalue weighted by molar-refractivity contribution is 0.0731. The van der Waals surface area contributed by atoms with E-state index in [1.165, 1.54) is 7.11 Å². The smallest absolute Gasteiger partial charge is 0.347 e. The van der Waals surface area contributed by atoms with Gasteiger partial charge < -0.3 is 14.2 Å². The molecule has 3 aromatic carbocycles. The minimum absolute atomic E-state index is 0.191. The molecule has 1 heterocycles. The summed E-state index contributed by atoms with van der Waals surface area (Å²) in [6.07, 6.45) is 1.70. The number of hydrogen-bond donors (Lipinski definition) is 0. The Morgan fingerprint density at radius 3 is 2.48 bits per heavy atom. The second-order valence-electron chi connectivity index (χ2n) is 6.55. The first-order valence-electron chi connectivity index (χ1n) is 9.06. The van der Waals surface area contributed by atoms with Crippen LogP contribution in [-0.4, -0.2) is 18.9 Å². The Labute approximate surface area is 168 Å². The summed E-state index contributed by atoms with van der Waals surface area (Å²) in [4.78, 5) is 25.3. The number of carbonyl (C=O) groups is 2. The first-order chi connectivity index (χ1) is 14.1. The van der Waals surface area contributed by atoms with Crippen molar-refractivity contribution in [2.24, 2.45) is 0 Å². The van der Waals surface area contributed by atoms with Gasteiger partial charge in [-0.2, -0.15) is 0 Å². The molecule has 0 spiro atoms. The number of allylic oxidation sites excluding steroid dienone is 1. The summed E-state index contributed by atoms with van der Waals surface area (Å²) in [5, 5.41) is 0. The standard InChI is InChI=1S/C24H18O5/c1-15-12-17(28-24(26)18-10-6-7-11-19(18)27-2)14-20-22(15)23(25)21(29-20)13-16-8-4-3-5-9-16/h3-14H,1-2H3/b21-13-. The topological polar surface area (TPSA) is 61.8 Å². The molecule has 0 fully saturated rings. The second kappa shape index (κ2) is 7.64. The van der Waals surface area contributed by atoms with Crippen molar-refractivity contribution in [2.75, 3.05) is 7.11 Å². The number of esters is 1. The van der Waals surface area contributed by atoms with Gasteiger partial charge >= 0.3 is 5.97 Å². The van der Waals surface area contributed by atoms with E-state index in [1.54, 1.807) is 49.4 Å². The van der Waals surface area contributed by atoms with Gasteiger partial charge in [0.15, 0.2) is 5.76 Å². The molecule has 0 N–H and O–H groups in total. The number of ether oxygens (including phenoxy) is 3. The number of benzene rings is 3. The Morgan fingerprint density at radius 2 is 1.72 bits per heavy atom. The summed E-state index contributed by atoms with van der Waals surface area (Å²) in [6.45, 7) is 1.78. The van der Waals surface area contributed by atoms with Crippen LogP contribution < -0.4 is 14.2 Å². The molecule has 0 aliphatic carbocycles. The largest absolute Gasteiger partial charge is 0.496 e. The molecular weight excluding hydrogens is 368 g/mol. The number of carbonyl (C=O) groups excluding carboxylic acids is 2. The maximum Gasteiger partial charge on any atom is 0.347 e. The number of rotatable bonds is 4. The number of methoxy groups -OCH3 is 1. The van der Waals surface area contributed by atoms with Gasteiger partial charge in [-0.1, -0.05) is 42.5 Å². The highest BCUT2D eigenvalue weighted by atomic mass is 16.5. The fourth-order valence-electron chi connectivity index (χ4n) is 3.21. The molecule has 29 heavy (non-hydrogen) atoms. The van der Waals surface area contributed by atoms with Crippen molar-refractivity contribution in [1.29, 1.82) is 0 Å². The van der Waals surface area contributed by atoms with Gasteiger partial charge in [0.05, 0.1) is 12.7 Å². The van der Waals surface area contributed by atoms with Crippen LogP contribution in [0.15, 0.2) is 72.5 Å². The Bertz CT molecular complexity index is 1130. The third kappa shape index (κ3) is 3.62. The van der Waals surface area contributed by atoms with Crippen LogP contribution >= 0.6 is 0 Å². The molecular formula is C24H18O5. The average molecular weight is 386 g/mol. The molecule has 144 valence electrons. The number of hydrogen-bond acceptors (Lipinski definition) is 5. The maximum absolute atomic E-state index is 12.7. The van der Waals surface area contributed by atoms with Gasteiger partial charge in [0.2, 0.25) is 5.78 Å². The van der Waals surface area contributed by atoms with Gasteiger partial charge in [0.1, 0.15) is 22.8 Å². The molecule has 0 atom stereocenters. The molecule has 0 amide bonds. The van der Waals surface area contributed by atoms with E-state index in [1.807, 2.05) is 30.3 Å². The van der Waals surface area contributed by atoms with E-state index in [0.717, 1.165) is 5.56 Å². The Hall–Kier alpha value is -3.86. The van der Waals surface area contributed by atoms with Crippen LogP contribution in [0.2, 0.25) is 0 Å². The van der Waals surface area contributed by atoms with Gasteiger partial charge in [-0.25, -0.2) is 4.79 Å². The molecule has 0 aromatic heterocycles. The number of ketones is 1. The fourth-order valence-corrected chi connectivity index (χ4v) is 3.21. The van der Waals surface area contributed by atoms with Crippen LogP contribution in [0.5, 0.6) is 17.2 Å². The number of Topliss-reactive ketones (excluding diaryl/α,β-unsaturated/α-hetero) is 1. The van der Waals surface area contributed by atoms with Gasteiger partial charge in [-0.05, 0) is 42.3 Å². The molecule has 0 bridgehead atoms. The van der Waals surface area contributed by atoms with Crippen molar-refractivity contribution in [1.82, 2.24) is 0 Å². The van der Waals surface area contributed by atoms with E-state index in [9.17, 15) is 9.59 Å². The molecule has 3 aromatic rings. The summed E-state index contributed by atoms with van der Waals surface area (Å²) < 4.78 is 16.5. The maximum atomic E-state index is 12.7. The molecule has 4 rings (SSSR count). The molecule has 0 saturated carbocycles. The second-order valence-corrected chi connectivity index (χ2v) is 6.55. The summed E-state index contributed by atoms with van der Waals surface area (Å²) in [6, 6.07) is 19.5. The monoisotopic (exact) mass is 386 g/mol. The van der Waals surface area contributed by atoms with Crippen LogP contribution in [0.3, 0.4) is 0 Å². The van der Waals surface area contributed by atoms with E-state index in [-0.39, 0.29) is 11.5 Å². The number of fused-ring (bicyclic) bond motifs is 1. The first kappa shape index (κ1) is 18.5. The SMILES string of the molecule is COc1ccccc1C(=O)Oc1cc(C)c2c(c1)O/C(=C\c1ccccc1)C2=O. The highest BCUT2D eigenvalue weighted by molar-refractivity contribution is 6.15. The molecule has 5 heteroatoms. The summed E-state index contributed by atoms with van der Waals surface area (Å²) >= 11 is 0. The zero-order valence-electron chi connectivity index (χ0n) is 16.0. The third-order valence-corrected chi connectivity index (χ3v) is 4.58. The van der Waals surface area contributed by atoms with E-state index in [4.69, 9.17) is 14.2 Å². The van der Waals surface area contributed by atoms with Gasteiger partial charge in [0.25, 0.3) is 0 Å². The van der Waals surface area contributed by atoms with Crippen molar-refractivity contribution in [3.05, 3.63) is 94.7 Å². The quantitative estimate of drug-likeness (QED) is 0.365. The molecule has 5 nitrogen and oxygen atoms in total. The number of aryl methyl sites for hydroxylation is 1. The van der Waals surface area contributed by atoms with Crippen LogP contribution in [-0.2, 0) is 0 Å². The average Bonchev–Trinajstić information content (AvgIpc) is 3.04. The van der Waals surface area contributed by atoms with E-state index >= 15 is 0 Å². The van der Waals surface area contributed by atoms with Crippen LogP contribution in [0.25, 0.3) is 6.08 Å². The number of para-hydroxylation sites is 1. The Kier molecular flexibility index (Phi) is 4.87. The van der Waals surface area contributed by atoms with Gasteiger partial charge in [-0.3, -0.25) is 4.79 Å². The third-order valence-electron chi connectivity index (χ3n) is 4.58. The summed E-state index contributed by atoms with van der Waals surface area (Å²) in [7, 11) is 1.49. The van der Waals surface area contributed by atoms with E-state index in [0.29, 0.717) is 33.9 Å². The zero-order chi connectivity index (χ0) is 20.4. The van der Waals surface area contributed by atoms with Crippen LogP contribution in [0, 0.1) is 6.92 Å². The lowest BCUT2D eigenvalue weighted by Crippen LogP contribution is -2.10. The predicted molar refractivity (Wildman–Crippen MR) is 109 cm³/mol. The predicted octanol–water partition coefficient (Wildman–Crippen LogP) is 4.84. The van der Waals surface area contributed by atoms with E-state index in [2.05, 4.69) is 0 Å². The molecule has 1 aliphatic rings. The van der Waals surface area contributed by atoms with Crippen LogP contribution in [0.4, 0.5) is 0 Å². The van der Waals surface area contributed by atoms with Gasteiger partial charge in [0, 0.05) is 6.07 Å². The summed E-state index contributed by atoms with van der Waals surface area (Å²) in [5.74, 6) is 0.596. The highest BCUT2D eigenvalue weighted by Crippen LogP contribution is 2.38. The molecule has 0 radical (unpaired) electrons. The minimum atomic E-state index is -0.550. The molecule has 0 saturated heterocycles. The first-order valence-corrected chi connectivity index (χ1v) is 9.06. The van der Waals surface area contributed by atoms with Gasteiger partial charge in [-0.15, -0.1) is 0 Å². The Morgan fingerprint density at radius 1 is 1.00 bits per heavy atom. The fraction of sp³-hybridized carbons (Fsp3) is 0.0833. The lowest BCUT2D eigenvalue weighted by atomic mass is 10.0. The normalized spacial score (nSPS) is 13.7. The lowest BCUT2D eigenvalue weighted by Gasteiger charge is -2.10. The van der Waals surface area contributed by atoms with Crippen molar-refractivity contribution >= 4 is 17.8 Å². The Balaban J connectivity index is 1.62. The van der Waals surface area contributed by atoms with Crippen molar-refractivity contribution in [3.8, 4) is 17.2 Å². The van der Waals surface area contributed by atoms with Crippen LogP contribution in [0.1, 0.15) is 31.8 Å². The zero-order valence-corrected chi connectivity index (χ0v) is 16.0. The molecule has 1 aliphatic heterocycles. The van der Waals surface area contributed by atoms with Crippen molar-refractivity contribution in [2.45, 2.75) is 6.92 Å². The van der Waals surface area contributed by atoms with Crippen molar-refractivity contribution < 1.29 is 23.8 Å². The highest BCUT2D eigenvalue weighted by Gasteiger charge is 2.30. The van der Waals surface area contributed by atoms with E-state index < -0.39 is 5.97 Å². The molecule has 0 unspecified atom stereocenters. The minimum Gasteiger partial charge on any atom is -0.496 e.